The van der Waals surface area contributed by atoms with E-state index >= 15 is 0 Å². The Morgan fingerprint density at radius 3 is 2.61 bits per heavy atom. The molecule has 5 nitrogen and oxygen atoms in total. The molecule has 0 aromatic heterocycles. The van der Waals surface area contributed by atoms with Gasteiger partial charge in [-0.1, -0.05) is 31.5 Å². The highest BCUT2D eigenvalue weighted by Gasteiger charge is 2.28. The number of sulfonamides is 1. The van der Waals surface area contributed by atoms with E-state index in [1.54, 1.807) is 22.5 Å². The Labute approximate surface area is 143 Å². The summed E-state index contributed by atoms with van der Waals surface area (Å²) in [5, 5.41) is 13.0. The number of nitrogens with zero attached hydrogens (tertiary/aromatic N) is 2. The van der Waals surface area contributed by atoms with E-state index in [-0.39, 0.29) is 17.7 Å². The third-order valence-electron chi connectivity index (χ3n) is 3.87. The first kappa shape index (κ1) is 18.1. The van der Waals surface area contributed by atoms with Crippen LogP contribution in [0.2, 0.25) is 5.02 Å². The first-order valence-electron chi connectivity index (χ1n) is 7.76. The first-order chi connectivity index (χ1) is 10.8. The monoisotopic (exact) mass is 355 g/mol. The second kappa shape index (κ2) is 7.52. The highest BCUT2D eigenvalue weighted by atomic mass is 35.5. The molecule has 0 aliphatic carbocycles. The van der Waals surface area contributed by atoms with Crippen LogP contribution in [-0.4, -0.2) is 37.6 Å². The molecule has 0 spiro atoms. The van der Waals surface area contributed by atoms with Gasteiger partial charge in [-0.3, -0.25) is 0 Å². The Morgan fingerprint density at radius 2 is 2.04 bits per heavy atom. The Bertz CT molecular complexity index is 690. The molecule has 1 saturated heterocycles. The molecule has 0 unspecified atom stereocenters. The van der Waals surface area contributed by atoms with Crippen molar-refractivity contribution in [2.45, 2.75) is 32.7 Å². The van der Waals surface area contributed by atoms with Gasteiger partial charge in [0.1, 0.15) is 6.07 Å². The molecule has 2 rings (SSSR count). The van der Waals surface area contributed by atoms with Gasteiger partial charge >= 0.3 is 0 Å². The fourth-order valence-electron chi connectivity index (χ4n) is 2.77. The molecule has 1 aromatic carbocycles. The molecule has 0 saturated carbocycles. The van der Waals surface area contributed by atoms with Crippen LogP contribution in [-0.2, 0) is 10.0 Å². The van der Waals surface area contributed by atoms with Gasteiger partial charge in [-0.15, -0.1) is 0 Å². The molecular formula is C16H22ClN3O2S. The number of nitrogens with one attached hydrogen (secondary N) is 1. The van der Waals surface area contributed by atoms with Gasteiger partial charge in [0.2, 0.25) is 10.0 Å². The summed E-state index contributed by atoms with van der Waals surface area (Å²) in [5.41, 5.74) is 1.15. The lowest BCUT2D eigenvalue weighted by atomic mass is 10.1. The minimum Gasteiger partial charge on any atom is -0.380 e. The van der Waals surface area contributed by atoms with Crippen molar-refractivity contribution in [1.29, 1.82) is 5.26 Å². The molecular weight excluding hydrogens is 334 g/mol. The average Bonchev–Trinajstić information content (AvgIpc) is 2.48. The van der Waals surface area contributed by atoms with Gasteiger partial charge in [-0.2, -0.15) is 5.26 Å². The zero-order valence-corrected chi connectivity index (χ0v) is 15.0. The Balaban J connectivity index is 2.00. The molecule has 0 radical (unpaired) electrons. The van der Waals surface area contributed by atoms with Crippen LogP contribution in [0.3, 0.4) is 0 Å². The first-order valence-corrected chi connectivity index (χ1v) is 9.75. The predicted molar refractivity (Wildman–Crippen MR) is 93.0 cm³/mol. The molecule has 1 N–H and O–H groups in total. The molecule has 23 heavy (non-hydrogen) atoms. The van der Waals surface area contributed by atoms with Crippen LogP contribution in [0.1, 0.15) is 32.3 Å². The fourth-order valence-corrected chi connectivity index (χ4v) is 4.82. The highest BCUT2D eigenvalue weighted by Crippen LogP contribution is 2.28. The molecule has 0 bridgehead atoms. The molecule has 0 amide bonds. The summed E-state index contributed by atoms with van der Waals surface area (Å²) in [6.45, 7) is 4.82. The third kappa shape index (κ3) is 4.60. The lowest BCUT2D eigenvalue weighted by molar-refractivity contribution is 0.328. The largest absolute Gasteiger partial charge is 0.380 e. The van der Waals surface area contributed by atoms with E-state index in [9.17, 15) is 8.42 Å². The predicted octanol–water partition coefficient (Wildman–Crippen LogP) is 3.07. The maximum Gasteiger partial charge on any atom is 0.214 e. The van der Waals surface area contributed by atoms with Gasteiger partial charge in [0, 0.05) is 19.1 Å². The van der Waals surface area contributed by atoms with Gasteiger partial charge in [-0.25, -0.2) is 12.7 Å². The summed E-state index contributed by atoms with van der Waals surface area (Å²) in [4.78, 5) is 0. The number of nitriles is 1. The van der Waals surface area contributed by atoms with Gasteiger partial charge < -0.3 is 5.32 Å². The quantitative estimate of drug-likeness (QED) is 0.880. The van der Waals surface area contributed by atoms with Crippen molar-refractivity contribution in [2.24, 2.45) is 5.92 Å². The van der Waals surface area contributed by atoms with Crippen molar-refractivity contribution >= 4 is 27.3 Å². The van der Waals surface area contributed by atoms with E-state index < -0.39 is 10.0 Å². The fraction of sp³-hybridized carbons (Fsp3) is 0.562. The Hall–Kier alpha value is -1.29. The molecule has 126 valence electrons. The highest BCUT2D eigenvalue weighted by molar-refractivity contribution is 7.89. The smallest absolute Gasteiger partial charge is 0.214 e. The molecule has 7 heteroatoms. The van der Waals surface area contributed by atoms with Gasteiger partial charge in [0.25, 0.3) is 0 Å². The van der Waals surface area contributed by atoms with Gasteiger partial charge in [0.15, 0.2) is 0 Å². The van der Waals surface area contributed by atoms with Crippen molar-refractivity contribution in [3.05, 3.63) is 28.8 Å². The Kier molecular flexibility index (Phi) is 5.90. The van der Waals surface area contributed by atoms with Gasteiger partial charge in [-0.05, 0) is 30.9 Å². The number of hydrogen-bond donors (Lipinski definition) is 1. The SMILES string of the molecule is CC(C)CS(=O)(=O)N1CCC(Nc2c(Cl)cccc2C#N)CC1. The van der Waals surface area contributed by atoms with Crippen LogP contribution in [0.4, 0.5) is 5.69 Å². The lowest BCUT2D eigenvalue weighted by Gasteiger charge is -2.32. The third-order valence-corrected chi connectivity index (χ3v) is 6.43. The van der Waals surface area contributed by atoms with E-state index in [0.717, 1.165) is 0 Å². The summed E-state index contributed by atoms with van der Waals surface area (Å²) in [5.74, 6) is 0.311. The van der Waals surface area contributed by atoms with Crippen molar-refractivity contribution < 1.29 is 8.42 Å². The molecule has 1 heterocycles. The van der Waals surface area contributed by atoms with Crippen molar-refractivity contribution in [3.63, 3.8) is 0 Å². The number of halogens is 1. The minimum absolute atomic E-state index is 0.118. The van der Waals surface area contributed by atoms with E-state index in [1.807, 2.05) is 13.8 Å². The standard InChI is InChI=1S/C16H22ClN3O2S/c1-12(2)11-23(21,22)20-8-6-14(7-9-20)19-16-13(10-18)4-3-5-15(16)17/h3-5,12,14,19H,6-9,11H2,1-2H3. The topological polar surface area (TPSA) is 73.2 Å². The van der Waals surface area contributed by atoms with E-state index in [1.165, 1.54) is 0 Å². The minimum atomic E-state index is -3.17. The van der Waals surface area contributed by atoms with Crippen molar-refractivity contribution in [2.75, 3.05) is 24.2 Å². The summed E-state index contributed by atoms with van der Waals surface area (Å²) in [6, 6.07) is 7.45. The van der Waals surface area contributed by atoms with Crippen LogP contribution in [0, 0.1) is 17.2 Å². The molecule has 1 aliphatic heterocycles. The summed E-state index contributed by atoms with van der Waals surface area (Å²) in [6.07, 6.45) is 1.40. The number of anilines is 1. The molecule has 1 aliphatic rings. The van der Waals surface area contributed by atoms with Crippen LogP contribution in [0.15, 0.2) is 18.2 Å². The van der Waals surface area contributed by atoms with E-state index in [2.05, 4.69) is 11.4 Å². The number of hydrogen-bond acceptors (Lipinski definition) is 4. The van der Waals surface area contributed by atoms with Gasteiger partial charge in [0.05, 0.1) is 22.0 Å². The number of benzene rings is 1. The second-order valence-corrected chi connectivity index (χ2v) is 8.69. The number of para-hydroxylation sites is 1. The van der Waals surface area contributed by atoms with Crippen molar-refractivity contribution in [1.82, 2.24) is 4.31 Å². The van der Waals surface area contributed by atoms with Crippen LogP contribution in [0.25, 0.3) is 0 Å². The summed E-state index contributed by atoms with van der Waals surface area (Å²) >= 11 is 6.17. The van der Waals surface area contributed by atoms with Crippen molar-refractivity contribution in [3.8, 4) is 6.07 Å². The molecule has 1 fully saturated rings. The van der Waals surface area contributed by atoms with Crippen LogP contribution >= 0.6 is 11.6 Å². The van der Waals surface area contributed by atoms with E-state index in [0.29, 0.717) is 42.2 Å². The maximum atomic E-state index is 12.3. The summed E-state index contributed by atoms with van der Waals surface area (Å²) < 4.78 is 26.1. The molecule has 1 aromatic rings. The van der Waals surface area contributed by atoms with Crippen LogP contribution < -0.4 is 5.32 Å². The van der Waals surface area contributed by atoms with Crippen LogP contribution in [0.5, 0.6) is 0 Å². The zero-order chi connectivity index (χ0) is 17.0. The maximum absolute atomic E-state index is 12.3. The number of piperidine rings is 1. The lowest BCUT2D eigenvalue weighted by Crippen LogP contribution is -2.43. The zero-order valence-electron chi connectivity index (χ0n) is 13.4. The summed E-state index contributed by atoms with van der Waals surface area (Å²) in [7, 11) is -3.17. The Morgan fingerprint density at radius 1 is 1.39 bits per heavy atom. The number of rotatable bonds is 5. The molecule has 0 atom stereocenters. The van der Waals surface area contributed by atoms with E-state index in [4.69, 9.17) is 16.9 Å². The second-order valence-electron chi connectivity index (χ2n) is 6.26. The average molecular weight is 356 g/mol. The normalized spacial score (nSPS) is 17.2.